The largest absolute Gasteiger partial charge is 0.465 e. The van der Waals surface area contributed by atoms with E-state index in [4.69, 9.17) is 10.5 Å². The molecule has 2 N–H and O–H groups in total. The van der Waals surface area contributed by atoms with Crippen molar-refractivity contribution >= 4 is 11.7 Å². The predicted octanol–water partition coefficient (Wildman–Crippen LogP) is 1.30. The Morgan fingerprint density at radius 3 is 2.54 bits per heavy atom. The van der Waals surface area contributed by atoms with Gasteiger partial charge in [0.05, 0.1) is 12.5 Å². The van der Waals surface area contributed by atoms with Gasteiger partial charge in [-0.1, -0.05) is 12.1 Å². The molecule has 0 amide bonds. The Kier molecular flexibility index (Phi) is 1.93. The molecule has 1 unspecified atom stereocenters. The van der Waals surface area contributed by atoms with Gasteiger partial charge in [-0.25, -0.2) is 0 Å². The molecule has 1 aliphatic heterocycles. The highest BCUT2D eigenvalue weighted by atomic mass is 16.5. The Morgan fingerprint density at radius 2 is 2.00 bits per heavy atom. The van der Waals surface area contributed by atoms with Gasteiger partial charge in [-0.2, -0.15) is 0 Å². The number of carbonyl (C=O) groups excluding carboxylic acids is 1. The van der Waals surface area contributed by atoms with Crippen molar-refractivity contribution in [2.24, 2.45) is 0 Å². The maximum atomic E-state index is 11.2. The molecule has 0 saturated carbocycles. The SMILES string of the molecule is Nc1ccc(C2CCOC2=O)cc1. The number of hydrogen-bond donors (Lipinski definition) is 1. The maximum Gasteiger partial charge on any atom is 0.313 e. The van der Waals surface area contributed by atoms with Crippen LogP contribution in [0.25, 0.3) is 0 Å². The van der Waals surface area contributed by atoms with Gasteiger partial charge >= 0.3 is 5.97 Å². The minimum Gasteiger partial charge on any atom is -0.465 e. The van der Waals surface area contributed by atoms with E-state index in [2.05, 4.69) is 0 Å². The van der Waals surface area contributed by atoms with Crippen LogP contribution < -0.4 is 5.73 Å². The highest BCUT2D eigenvalue weighted by Crippen LogP contribution is 2.26. The number of ether oxygens (including phenoxy) is 1. The number of anilines is 1. The van der Waals surface area contributed by atoms with E-state index >= 15 is 0 Å². The Balaban J connectivity index is 2.25. The summed E-state index contributed by atoms with van der Waals surface area (Å²) in [5, 5.41) is 0. The summed E-state index contributed by atoms with van der Waals surface area (Å²) in [5.74, 6) is -0.203. The molecule has 1 aromatic carbocycles. The van der Waals surface area contributed by atoms with Crippen LogP contribution in [0.1, 0.15) is 17.9 Å². The number of nitrogens with two attached hydrogens (primary N) is 1. The van der Waals surface area contributed by atoms with E-state index in [1.54, 1.807) is 12.1 Å². The number of carbonyl (C=O) groups is 1. The van der Waals surface area contributed by atoms with E-state index in [-0.39, 0.29) is 11.9 Å². The van der Waals surface area contributed by atoms with Crippen LogP contribution in [0.15, 0.2) is 24.3 Å². The smallest absolute Gasteiger partial charge is 0.313 e. The number of rotatable bonds is 1. The quantitative estimate of drug-likeness (QED) is 0.519. The lowest BCUT2D eigenvalue weighted by molar-refractivity contribution is -0.139. The Hall–Kier alpha value is -1.51. The van der Waals surface area contributed by atoms with Crippen molar-refractivity contribution in [1.29, 1.82) is 0 Å². The predicted molar refractivity (Wildman–Crippen MR) is 49.2 cm³/mol. The summed E-state index contributed by atoms with van der Waals surface area (Å²) in [6, 6.07) is 7.38. The molecule has 1 aliphatic rings. The van der Waals surface area contributed by atoms with Crippen molar-refractivity contribution in [3.63, 3.8) is 0 Å². The van der Waals surface area contributed by atoms with Gasteiger partial charge < -0.3 is 10.5 Å². The molecule has 68 valence electrons. The zero-order chi connectivity index (χ0) is 9.26. The second-order valence-corrected chi connectivity index (χ2v) is 3.18. The van der Waals surface area contributed by atoms with Gasteiger partial charge in [0.15, 0.2) is 0 Å². The molecule has 0 radical (unpaired) electrons. The van der Waals surface area contributed by atoms with E-state index in [1.807, 2.05) is 12.1 Å². The lowest BCUT2D eigenvalue weighted by Crippen LogP contribution is -2.05. The average Bonchev–Trinajstić information content (AvgIpc) is 2.53. The van der Waals surface area contributed by atoms with Crippen LogP contribution in [0.5, 0.6) is 0 Å². The average molecular weight is 177 g/mol. The van der Waals surface area contributed by atoms with E-state index < -0.39 is 0 Å². The molecule has 1 atom stereocenters. The summed E-state index contributed by atoms with van der Waals surface area (Å²) in [4.78, 5) is 11.2. The van der Waals surface area contributed by atoms with E-state index in [0.29, 0.717) is 6.61 Å². The summed E-state index contributed by atoms with van der Waals surface area (Å²) in [5.41, 5.74) is 7.26. The molecule has 0 spiro atoms. The summed E-state index contributed by atoms with van der Waals surface area (Å²) < 4.78 is 4.88. The van der Waals surface area contributed by atoms with Crippen LogP contribution >= 0.6 is 0 Å². The first-order valence-corrected chi connectivity index (χ1v) is 4.29. The molecule has 1 saturated heterocycles. The van der Waals surface area contributed by atoms with Gasteiger partial charge in [-0.05, 0) is 24.1 Å². The molecule has 13 heavy (non-hydrogen) atoms. The number of hydrogen-bond acceptors (Lipinski definition) is 3. The summed E-state index contributed by atoms with van der Waals surface area (Å²) in [6.07, 6.45) is 0.781. The molecular weight excluding hydrogens is 166 g/mol. The maximum absolute atomic E-state index is 11.2. The standard InChI is InChI=1S/C10H11NO2/c11-8-3-1-7(2-4-8)9-5-6-13-10(9)12/h1-4,9H,5-6,11H2. The first-order chi connectivity index (χ1) is 6.27. The molecule has 1 fully saturated rings. The lowest BCUT2D eigenvalue weighted by atomic mass is 9.98. The third-order valence-corrected chi connectivity index (χ3v) is 2.27. The Labute approximate surface area is 76.5 Å². The fourth-order valence-electron chi connectivity index (χ4n) is 1.53. The highest BCUT2D eigenvalue weighted by molar-refractivity contribution is 5.79. The van der Waals surface area contributed by atoms with Crippen molar-refractivity contribution in [3.8, 4) is 0 Å². The van der Waals surface area contributed by atoms with Gasteiger partial charge in [0.2, 0.25) is 0 Å². The number of benzene rings is 1. The molecule has 1 heterocycles. The van der Waals surface area contributed by atoms with Crippen molar-refractivity contribution in [1.82, 2.24) is 0 Å². The second-order valence-electron chi connectivity index (χ2n) is 3.18. The van der Waals surface area contributed by atoms with Crippen LogP contribution in [0.2, 0.25) is 0 Å². The van der Waals surface area contributed by atoms with Gasteiger partial charge in [0.1, 0.15) is 0 Å². The molecule has 2 rings (SSSR count). The van der Waals surface area contributed by atoms with E-state index in [1.165, 1.54) is 0 Å². The van der Waals surface area contributed by atoms with Gasteiger partial charge in [-0.15, -0.1) is 0 Å². The zero-order valence-electron chi connectivity index (χ0n) is 7.19. The van der Waals surface area contributed by atoms with Crippen molar-refractivity contribution in [2.75, 3.05) is 12.3 Å². The van der Waals surface area contributed by atoms with Crippen LogP contribution in [-0.4, -0.2) is 12.6 Å². The fourth-order valence-corrected chi connectivity index (χ4v) is 1.53. The minimum absolute atomic E-state index is 0.0828. The number of cyclic esters (lactones) is 1. The van der Waals surface area contributed by atoms with Crippen LogP contribution in [0.4, 0.5) is 5.69 Å². The van der Waals surface area contributed by atoms with Gasteiger partial charge in [0, 0.05) is 5.69 Å². The molecule has 3 nitrogen and oxygen atoms in total. The third kappa shape index (κ3) is 1.49. The lowest BCUT2D eigenvalue weighted by Gasteiger charge is -2.05. The van der Waals surface area contributed by atoms with Gasteiger partial charge in [-0.3, -0.25) is 4.79 Å². The van der Waals surface area contributed by atoms with E-state index in [9.17, 15) is 4.79 Å². The fraction of sp³-hybridized carbons (Fsp3) is 0.300. The Bertz CT molecular complexity index is 318. The first-order valence-electron chi connectivity index (χ1n) is 4.29. The van der Waals surface area contributed by atoms with Crippen LogP contribution in [0.3, 0.4) is 0 Å². The molecule has 0 bridgehead atoms. The molecule has 0 aliphatic carbocycles. The van der Waals surface area contributed by atoms with Gasteiger partial charge in [0.25, 0.3) is 0 Å². The third-order valence-electron chi connectivity index (χ3n) is 2.27. The molecule has 0 aromatic heterocycles. The molecule has 1 aromatic rings. The molecular formula is C10H11NO2. The zero-order valence-corrected chi connectivity index (χ0v) is 7.19. The summed E-state index contributed by atoms with van der Waals surface area (Å²) in [7, 11) is 0. The van der Waals surface area contributed by atoms with Crippen LogP contribution in [-0.2, 0) is 9.53 Å². The summed E-state index contributed by atoms with van der Waals surface area (Å²) in [6.45, 7) is 0.536. The second kappa shape index (κ2) is 3.09. The van der Waals surface area contributed by atoms with Crippen LogP contribution in [0, 0.1) is 0 Å². The highest BCUT2D eigenvalue weighted by Gasteiger charge is 2.27. The monoisotopic (exact) mass is 177 g/mol. The first kappa shape index (κ1) is 8.10. The van der Waals surface area contributed by atoms with E-state index in [0.717, 1.165) is 17.7 Å². The normalized spacial score (nSPS) is 21.5. The molecule has 3 heteroatoms. The number of esters is 1. The van der Waals surface area contributed by atoms with Crippen molar-refractivity contribution in [3.05, 3.63) is 29.8 Å². The van der Waals surface area contributed by atoms with Crippen molar-refractivity contribution < 1.29 is 9.53 Å². The topological polar surface area (TPSA) is 52.3 Å². The minimum atomic E-state index is -0.121. The van der Waals surface area contributed by atoms with Crippen molar-refractivity contribution in [2.45, 2.75) is 12.3 Å². The summed E-state index contributed by atoms with van der Waals surface area (Å²) >= 11 is 0. The Morgan fingerprint density at radius 1 is 1.31 bits per heavy atom. The number of nitrogen functional groups attached to an aromatic ring is 1.